The van der Waals surface area contributed by atoms with Gasteiger partial charge in [-0.3, -0.25) is 9.59 Å². The number of hydrogen-bond acceptors (Lipinski definition) is 3. The van der Waals surface area contributed by atoms with Crippen LogP contribution in [0.25, 0.3) is 0 Å². The Morgan fingerprint density at radius 3 is 2.38 bits per heavy atom. The first-order valence-corrected chi connectivity index (χ1v) is 8.93. The van der Waals surface area contributed by atoms with Crippen LogP contribution >= 0.6 is 0 Å². The number of carbonyl (C=O) groups is 2. The van der Waals surface area contributed by atoms with E-state index in [2.05, 4.69) is 5.32 Å². The zero-order valence-electron chi connectivity index (χ0n) is 15.0. The fourth-order valence-electron chi connectivity index (χ4n) is 3.26. The van der Waals surface area contributed by atoms with E-state index in [9.17, 15) is 9.59 Å². The summed E-state index contributed by atoms with van der Waals surface area (Å²) >= 11 is 0. The van der Waals surface area contributed by atoms with E-state index >= 15 is 0 Å². The van der Waals surface area contributed by atoms with Crippen molar-refractivity contribution in [3.63, 3.8) is 0 Å². The quantitative estimate of drug-likeness (QED) is 0.900. The SMILES string of the molecule is COc1ccccc1CC(=O)N1CCC(NC(=O)c2ccccc2)CC1. The highest BCUT2D eigenvalue weighted by Crippen LogP contribution is 2.20. The minimum absolute atomic E-state index is 0.0515. The van der Waals surface area contributed by atoms with Crippen molar-refractivity contribution in [2.45, 2.75) is 25.3 Å². The van der Waals surface area contributed by atoms with Crippen LogP contribution in [0, 0.1) is 0 Å². The van der Waals surface area contributed by atoms with E-state index in [1.807, 2.05) is 47.4 Å². The third-order valence-corrected chi connectivity index (χ3v) is 4.75. The van der Waals surface area contributed by atoms with Crippen LogP contribution in [0.2, 0.25) is 0 Å². The zero-order chi connectivity index (χ0) is 18.4. The van der Waals surface area contributed by atoms with E-state index < -0.39 is 0 Å². The summed E-state index contributed by atoms with van der Waals surface area (Å²) in [4.78, 5) is 26.7. The van der Waals surface area contributed by atoms with E-state index in [1.54, 1.807) is 19.2 Å². The molecular weight excluding hydrogens is 328 g/mol. The molecule has 1 aliphatic rings. The molecule has 2 amide bonds. The summed E-state index contributed by atoms with van der Waals surface area (Å²) in [6.45, 7) is 1.32. The van der Waals surface area contributed by atoms with E-state index in [0.717, 1.165) is 24.2 Å². The van der Waals surface area contributed by atoms with Gasteiger partial charge in [-0.25, -0.2) is 0 Å². The molecule has 5 heteroatoms. The summed E-state index contributed by atoms with van der Waals surface area (Å²) in [6.07, 6.45) is 1.89. The van der Waals surface area contributed by atoms with Crippen LogP contribution in [0.1, 0.15) is 28.8 Å². The fourth-order valence-corrected chi connectivity index (χ4v) is 3.26. The molecule has 0 bridgehead atoms. The number of hydrogen-bond donors (Lipinski definition) is 1. The summed E-state index contributed by atoms with van der Waals surface area (Å²) in [5, 5.41) is 3.07. The lowest BCUT2D eigenvalue weighted by molar-refractivity contribution is -0.131. The van der Waals surface area contributed by atoms with Crippen LogP contribution in [0.5, 0.6) is 5.75 Å². The number of rotatable bonds is 5. The first kappa shape index (κ1) is 18.0. The molecular formula is C21H24N2O3. The summed E-state index contributed by atoms with van der Waals surface area (Å²) in [5.41, 5.74) is 1.57. The number of para-hydroxylation sites is 1. The standard InChI is InChI=1S/C21H24N2O3/c1-26-19-10-6-5-9-17(19)15-20(24)23-13-11-18(12-14-23)22-21(25)16-7-3-2-4-8-16/h2-10,18H,11-15H2,1H3,(H,22,25). The van der Waals surface area contributed by atoms with Gasteiger partial charge in [0.05, 0.1) is 13.5 Å². The lowest BCUT2D eigenvalue weighted by Crippen LogP contribution is -2.47. The molecule has 1 heterocycles. The third kappa shape index (κ3) is 4.42. The zero-order valence-corrected chi connectivity index (χ0v) is 15.0. The maximum Gasteiger partial charge on any atom is 0.251 e. The Kier molecular flexibility index (Phi) is 5.89. The van der Waals surface area contributed by atoms with Gasteiger partial charge >= 0.3 is 0 Å². The number of benzene rings is 2. The molecule has 0 atom stereocenters. The number of carbonyl (C=O) groups excluding carboxylic acids is 2. The summed E-state index contributed by atoms with van der Waals surface area (Å²) in [6, 6.07) is 16.9. The Bertz CT molecular complexity index is 753. The second-order valence-electron chi connectivity index (χ2n) is 6.48. The molecule has 0 saturated carbocycles. The number of piperidine rings is 1. The summed E-state index contributed by atoms with van der Waals surface area (Å²) < 4.78 is 5.32. The Balaban J connectivity index is 1.50. The van der Waals surface area contributed by atoms with Gasteiger partial charge in [0.25, 0.3) is 5.91 Å². The highest BCUT2D eigenvalue weighted by Gasteiger charge is 2.24. The first-order chi connectivity index (χ1) is 12.7. The highest BCUT2D eigenvalue weighted by atomic mass is 16.5. The predicted molar refractivity (Wildman–Crippen MR) is 100 cm³/mol. The Labute approximate surface area is 154 Å². The van der Waals surface area contributed by atoms with Gasteiger partial charge in [-0.1, -0.05) is 36.4 Å². The van der Waals surface area contributed by atoms with Crippen LogP contribution in [-0.4, -0.2) is 43.0 Å². The molecule has 0 unspecified atom stereocenters. The maximum absolute atomic E-state index is 12.6. The third-order valence-electron chi connectivity index (χ3n) is 4.75. The van der Waals surface area contributed by atoms with Gasteiger partial charge in [-0.2, -0.15) is 0 Å². The number of methoxy groups -OCH3 is 1. The lowest BCUT2D eigenvalue weighted by Gasteiger charge is -2.32. The molecule has 2 aromatic rings. The molecule has 5 nitrogen and oxygen atoms in total. The van der Waals surface area contributed by atoms with Crippen LogP contribution < -0.4 is 10.1 Å². The van der Waals surface area contributed by atoms with Crippen molar-refractivity contribution in [3.8, 4) is 5.75 Å². The van der Waals surface area contributed by atoms with Crippen molar-refractivity contribution in [2.75, 3.05) is 20.2 Å². The van der Waals surface area contributed by atoms with Gasteiger partial charge in [-0.15, -0.1) is 0 Å². The maximum atomic E-state index is 12.6. The molecule has 3 rings (SSSR count). The van der Waals surface area contributed by atoms with Crippen molar-refractivity contribution >= 4 is 11.8 Å². The van der Waals surface area contributed by atoms with Crippen LogP contribution in [0.4, 0.5) is 0 Å². The normalized spacial score (nSPS) is 14.7. The fraction of sp³-hybridized carbons (Fsp3) is 0.333. The Morgan fingerprint density at radius 1 is 1.04 bits per heavy atom. The van der Waals surface area contributed by atoms with Crippen molar-refractivity contribution in [1.29, 1.82) is 0 Å². The average molecular weight is 352 g/mol. The molecule has 0 aromatic heterocycles. The number of nitrogens with one attached hydrogen (secondary N) is 1. The number of likely N-dealkylation sites (tertiary alicyclic amines) is 1. The van der Waals surface area contributed by atoms with E-state index in [0.29, 0.717) is 25.1 Å². The van der Waals surface area contributed by atoms with Crippen molar-refractivity contribution in [2.24, 2.45) is 0 Å². The first-order valence-electron chi connectivity index (χ1n) is 8.93. The molecule has 1 N–H and O–H groups in total. The molecule has 26 heavy (non-hydrogen) atoms. The van der Waals surface area contributed by atoms with E-state index in [1.165, 1.54) is 0 Å². The van der Waals surface area contributed by atoms with Gasteiger partial charge in [-0.05, 0) is 31.0 Å². The van der Waals surface area contributed by atoms with Crippen molar-refractivity contribution in [1.82, 2.24) is 10.2 Å². The topological polar surface area (TPSA) is 58.6 Å². The molecule has 1 aliphatic heterocycles. The van der Waals surface area contributed by atoms with Gasteiger partial charge in [0, 0.05) is 30.3 Å². The largest absolute Gasteiger partial charge is 0.496 e. The highest BCUT2D eigenvalue weighted by molar-refractivity contribution is 5.94. The molecule has 0 spiro atoms. The van der Waals surface area contributed by atoms with E-state index in [4.69, 9.17) is 4.74 Å². The van der Waals surface area contributed by atoms with Gasteiger partial charge < -0.3 is 15.0 Å². The number of amides is 2. The van der Waals surface area contributed by atoms with Crippen molar-refractivity contribution < 1.29 is 14.3 Å². The molecule has 0 radical (unpaired) electrons. The minimum Gasteiger partial charge on any atom is -0.496 e. The molecule has 1 saturated heterocycles. The smallest absolute Gasteiger partial charge is 0.251 e. The van der Waals surface area contributed by atoms with Crippen molar-refractivity contribution in [3.05, 3.63) is 65.7 Å². The number of nitrogens with zero attached hydrogens (tertiary/aromatic N) is 1. The van der Waals surface area contributed by atoms with Crippen LogP contribution in [0.3, 0.4) is 0 Å². The number of ether oxygens (including phenoxy) is 1. The monoisotopic (exact) mass is 352 g/mol. The average Bonchev–Trinajstić information content (AvgIpc) is 2.69. The molecule has 136 valence electrons. The van der Waals surface area contributed by atoms with Crippen LogP contribution in [-0.2, 0) is 11.2 Å². The Morgan fingerprint density at radius 2 is 1.69 bits per heavy atom. The predicted octanol–water partition coefficient (Wildman–Crippen LogP) is 2.66. The van der Waals surface area contributed by atoms with Gasteiger partial charge in [0.1, 0.15) is 5.75 Å². The van der Waals surface area contributed by atoms with E-state index in [-0.39, 0.29) is 17.9 Å². The second kappa shape index (κ2) is 8.52. The summed E-state index contributed by atoms with van der Waals surface area (Å²) in [5.74, 6) is 0.789. The minimum atomic E-state index is -0.0515. The van der Waals surface area contributed by atoms with Gasteiger partial charge in [0.15, 0.2) is 0 Å². The Hall–Kier alpha value is -2.82. The van der Waals surface area contributed by atoms with Gasteiger partial charge in [0.2, 0.25) is 5.91 Å². The van der Waals surface area contributed by atoms with Crippen LogP contribution in [0.15, 0.2) is 54.6 Å². The molecule has 0 aliphatic carbocycles. The summed E-state index contributed by atoms with van der Waals surface area (Å²) in [7, 11) is 1.62. The molecule has 2 aromatic carbocycles. The second-order valence-corrected chi connectivity index (χ2v) is 6.48. The molecule has 1 fully saturated rings. The lowest BCUT2D eigenvalue weighted by atomic mass is 10.0.